The van der Waals surface area contributed by atoms with Crippen molar-refractivity contribution in [1.82, 2.24) is 0 Å². The maximum Gasteiger partial charge on any atom is 0.442 e. The topological polar surface area (TPSA) is 67.9 Å². The molecule has 0 radical (unpaired) electrons. The molecule has 0 fully saturated rings. The van der Waals surface area contributed by atoms with Gasteiger partial charge in [-0.2, -0.15) is 13.2 Å². The van der Waals surface area contributed by atoms with Crippen molar-refractivity contribution in [2.24, 2.45) is 10.2 Å². The van der Waals surface area contributed by atoms with Gasteiger partial charge in [-0.15, -0.1) is 10.2 Å². The molecule has 1 heterocycles. The Morgan fingerprint density at radius 1 is 1.39 bits per heavy atom. The van der Waals surface area contributed by atoms with E-state index in [0.29, 0.717) is 5.56 Å². The summed E-state index contributed by atoms with van der Waals surface area (Å²) >= 11 is 3.03. The first-order chi connectivity index (χ1) is 8.32. The molecule has 96 valence electrons. The number of hydrogen-bond acceptors (Lipinski definition) is 4. The van der Waals surface area contributed by atoms with Crippen LogP contribution in [0, 0.1) is 10.1 Å². The number of rotatable bonds is 3. The molecule has 9 heteroatoms. The number of alkyl halides is 4. The van der Waals surface area contributed by atoms with E-state index in [4.69, 9.17) is 0 Å². The molecule has 0 bridgehead atoms. The van der Waals surface area contributed by atoms with Gasteiger partial charge >= 0.3 is 11.8 Å². The largest absolute Gasteiger partial charge is 0.442 e. The van der Waals surface area contributed by atoms with E-state index in [-0.39, 0.29) is 16.6 Å². The highest BCUT2D eigenvalue weighted by molar-refractivity contribution is 9.08. The average molecular weight is 324 g/mol. The van der Waals surface area contributed by atoms with E-state index >= 15 is 0 Å². The molecule has 18 heavy (non-hydrogen) atoms. The lowest BCUT2D eigenvalue weighted by molar-refractivity contribution is -0.385. The van der Waals surface area contributed by atoms with Crippen LogP contribution in [0.15, 0.2) is 28.4 Å². The van der Waals surface area contributed by atoms with E-state index < -0.39 is 16.8 Å². The minimum Gasteiger partial charge on any atom is -0.258 e. The van der Waals surface area contributed by atoms with Gasteiger partial charge in [0, 0.05) is 22.5 Å². The highest BCUT2D eigenvalue weighted by Gasteiger charge is 2.65. The molecule has 0 amide bonds. The fourth-order valence-corrected chi connectivity index (χ4v) is 1.98. The smallest absolute Gasteiger partial charge is 0.258 e. The molecule has 0 atom stereocenters. The van der Waals surface area contributed by atoms with Crippen LogP contribution < -0.4 is 0 Å². The zero-order chi connectivity index (χ0) is 13.6. The van der Waals surface area contributed by atoms with Gasteiger partial charge in [-0.25, -0.2) is 0 Å². The van der Waals surface area contributed by atoms with Gasteiger partial charge in [-0.05, 0) is 0 Å². The van der Waals surface area contributed by atoms with Gasteiger partial charge in [0.2, 0.25) is 0 Å². The lowest BCUT2D eigenvalue weighted by atomic mass is 10.0. The average Bonchev–Trinajstić information content (AvgIpc) is 3.08. The quantitative estimate of drug-likeness (QED) is 0.484. The van der Waals surface area contributed by atoms with Crippen LogP contribution in [0.25, 0.3) is 0 Å². The molecule has 1 aliphatic heterocycles. The van der Waals surface area contributed by atoms with Crippen molar-refractivity contribution in [2.45, 2.75) is 17.2 Å². The Kier molecular flexibility index (Phi) is 2.88. The molecular weight excluding hydrogens is 319 g/mol. The summed E-state index contributed by atoms with van der Waals surface area (Å²) in [5.74, 6) is 0. The second-order valence-electron chi connectivity index (χ2n) is 3.60. The summed E-state index contributed by atoms with van der Waals surface area (Å²) in [5, 5.41) is 16.9. The van der Waals surface area contributed by atoms with Crippen LogP contribution >= 0.6 is 15.9 Å². The molecule has 1 aromatic rings. The van der Waals surface area contributed by atoms with Crippen LogP contribution in [0.3, 0.4) is 0 Å². The summed E-state index contributed by atoms with van der Waals surface area (Å²) in [7, 11) is 0. The highest BCUT2D eigenvalue weighted by atomic mass is 79.9. The molecular formula is C9H5BrF3N3O2. The molecule has 1 aromatic carbocycles. The van der Waals surface area contributed by atoms with Crippen molar-refractivity contribution in [3.05, 3.63) is 39.4 Å². The van der Waals surface area contributed by atoms with E-state index in [9.17, 15) is 23.3 Å². The lowest BCUT2D eigenvalue weighted by Gasteiger charge is -2.14. The van der Waals surface area contributed by atoms with Gasteiger partial charge in [0.1, 0.15) is 0 Å². The monoisotopic (exact) mass is 323 g/mol. The SMILES string of the molecule is O=[N+]([O-])c1cc(C2(C(F)(F)F)N=N2)ccc1CBr. The van der Waals surface area contributed by atoms with Crippen molar-refractivity contribution in [2.75, 3.05) is 0 Å². The zero-order valence-electron chi connectivity index (χ0n) is 8.61. The summed E-state index contributed by atoms with van der Waals surface area (Å²) in [4.78, 5) is 10.0. The fraction of sp³-hybridized carbons (Fsp3) is 0.333. The van der Waals surface area contributed by atoms with E-state index in [0.717, 1.165) is 12.1 Å². The number of nitro benzene ring substituents is 1. The Labute approximate surface area is 107 Å². The zero-order valence-corrected chi connectivity index (χ0v) is 10.2. The Balaban J connectivity index is 2.49. The minimum atomic E-state index is -4.68. The van der Waals surface area contributed by atoms with Gasteiger partial charge < -0.3 is 0 Å². The summed E-state index contributed by atoms with van der Waals surface area (Å²) in [6.45, 7) is 0. The van der Waals surface area contributed by atoms with Crippen LogP contribution in [0.4, 0.5) is 18.9 Å². The van der Waals surface area contributed by atoms with Gasteiger partial charge in [0.05, 0.1) is 4.92 Å². The molecule has 0 spiro atoms. The van der Waals surface area contributed by atoms with Gasteiger partial charge in [0.25, 0.3) is 5.69 Å². The normalized spacial score (nSPS) is 16.7. The van der Waals surface area contributed by atoms with Crippen molar-refractivity contribution in [3.8, 4) is 0 Å². The molecule has 0 N–H and O–H groups in total. The molecule has 0 unspecified atom stereocenters. The third-order valence-electron chi connectivity index (χ3n) is 2.52. The van der Waals surface area contributed by atoms with Crippen LogP contribution in [0.5, 0.6) is 0 Å². The fourth-order valence-electron chi connectivity index (χ4n) is 1.51. The molecule has 0 saturated carbocycles. The van der Waals surface area contributed by atoms with Crippen LogP contribution in [-0.4, -0.2) is 11.1 Å². The Bertz CT molecular complexity index is 538. The summed E-state index contributed by atoms with van der Waals surface area (Å²) in [5.41, 5.74) is -3.05. The van der Waals surface area contributed by atoms with E-state index in [1.165, 1.54) is 6.07 Å². The van der Waals surface area contributed by atoms with Crippen LogP contribution in [0.2, 0.25) is 0 Å². The second kappa shape index (κ2) is 4.01. The van der Waals surface area contributed by atoms with Crippen molar-refractivity contribution < 1.29 is 18.1 Å². The van der Waals surface area contributed by atoms with E-state index in [1.807, 2.05) is 0 Å². The number of nitro groups is 1. The predicted molar refractivity (Wildman–Crippen MR) is 58.3 cm³/mol. The maximum absolute atomic E-state index is 12.7. The van der Waals surface area contributed by atoms with Crippen molar-refractivity contribution in [1.29, 1.82) is 0 Å². The summed E-state index contributed by atoms with van der Waals surface area (Å²) in [6, 6.07) is 3.28. The third kappa shape index (κ3) is 1.88. The molecule has 0 aliphatic carbocycles. The van der Waals surface area contributed by atoms with E-state index in [1.54, 1.807) is 0 Å². The molecule has 1 aliphatic rings. The highest BCUT2D eigenvalue weighted by Crippen LogP contribution is 2.52. The van der Waals surface area contributed by atoms with E-state index in [2.05, 4.69) is 26.2 Å². The first-order valence-electron chi connectivity index (χ1n) is 4.66. The van der Waals surface area contributed by atoms with Crippen molar-refractivity contribution >= 4 is 21.6 Å². The number of nitrogens with zero attached hydrogens (tertiary/aromatic N) is 3. The molecule has 2 rings (SSSR count). The molecule has 5 nitrogen and oxygen atoms in total. The van der Waals surface area contributed by atoms with Gasteiger partial charge in [-0.1, -0.05) is 28.1 Å². The van der Waals surface area contributed by atoms with Crippen molar-refractivity contribution in [3.63, 3.8) is 0 Å². The second-order valence-corrected chi connectivity index (χ2v) is 4.16. The Morgan fingerprint density at radius 3 is 2.39 bits per heavy atom. The first-order valence-corrected chi connectivity index (χ1v) is 5.78. The minimum absolute atomic E-state index is 0.177. The van der Waals surface area contributed by atoms with Gasteiger partial charge in [0.15, 0.2) is 0 Å². The van der Waals surface area contributed by atoms with Gasteiger partial charge in [-0.3, -0.25) is 10.1 Å². The summed E-state index contributed by atoms with van der Waals surface area (Å²) < 4.78 is 38.2. The maximum atomic E-state index is 12.7. The summed E-state index contributed by atoms with van der Waals surface area (Å²) in [6.07, 6.45) is -4.68. The number of halogens is 4. The molecule has 0 saturated heterocycles. The Morgan fingerprint density at radius 2 is 2.00 bits per heavy atom. The standard InChI is InChI=1S/C9H5BrF3N3O2/c10-4-5-1-2-6(3-7(5)16(17)18)8(14-15-8)9(11,12)13/h1-3H,4H2. The van der Waals surface area contributed by atoms with Crippen LogP contribution in [0.1, 0.15) is 11.1 Å². The third-order valence-corrected chi connectivity index (χ3v) is 3.13. The Hall–Kier alpha value is -1.51. The van der Waals surface area contributed by atoms with Crippen LogP contribution in [-0.2, 0) is 11.0 Å². The lowest BCUT2D eigenvalue weighted by Crippen LogP contribution is -2.30. The number of benzene rings is 1. The molecule has 0 aromatic heterocycles. The number of hydrogen-bond donors (Lipinski definition) is 0. The predicted octanol–water partition coefficient (Wildman–Crippen LogP) is 3.67. The first kappa shape index (κ1) is 12.9.